The van der Waals surface area contributed by atoms with E-state index in [1.54, 1.807) is 6.08 Å². The van der Waals surface area contributed by atoms with Gasteiger partial charge in [-0.3, -0.25) is 0 Å². The van der Waals surface area contributed by atoms with Crippen molar-refractivity contribution in [2.24, 2.45) is 0 Å². The first kappa shape index (κ1) is 9.33. The molecule has 9 heavy (non-hydrogen) atoms. The Kier molecular flexibility index (Phi) is 4.35. The maximum Gasteiger partial charge on any atom is 0.198 e. The van der Waals surface area contributed by atoms with Crippen LogP contribution in [0, 0.1) is 0 Å². The third-order valence-corrected chi connectivity index (χ3v) is 3.09. The van der Waals surface area contributed by atoms with Gasteiger partial charge in [-0.05, 0) is 10.8 Å². The summed E-state index contributed by atoms with van der Waals surface area (Å²) < 4.78 is 20.8. The lowest BCUT2D eigenvalue weighted by Gasteiger charge is -1.88. The summed E-state index contributed by atoms with van der Waals surface area (Å²) in [5.74, 6) is 0.419. The Morgan fingerprint density at radius 2 is 2.22 bits per heavy atom. The highest BCUT2D eigenvalue weighted by Crippen LogP contribution is 2.08. The van der Waals surface area contributed by atoms with E-state index in [2.05, 4.69) is 0 Å². The van der Waals surface area contributed by atoms with Gasteiger partial charge in [0.1, 0.15) is 0 Å². The minimum atomic E-state index is -2.89. The molecule has 0 aliphatic heterocycles. The summed E-state index contributed by atoms with van der Waals surface area (Å²) in [5, 5.41) is 0. The van der Waals surface area contributed by atoms with Crippen LogP contribution in [0.25, 0.3) is 0 Å². The molecular formula is C4H7ClO2S2. The molecular weight excluding hydrogens is 180 g/mol. The predicted octanol–water partition coefficient (Wildman–Crippen LogP) is 1.43. The Bertz CT molecular complexity index is 183. The zero-order valence-corrected chi connectivity index (χ0v) is 7.26. The topological polar surface area (TPSA) is 34.1 Å². The Morgan fingerprint density at radius 3 is 2.56 bits per heavy atom. The van der Waals surface area contributed by atoms with E-state index in [-0.39, 0.29) is 0 Å². The van der Waals surface area contributed by atoms with E-state index in [1.807, 2.05) is 0 Å². The molecule has 0 spiro atoms. The van der Waals surface area contributed by atoms with Crippen LogP contribution in [0.1, 0.15) is 0 Å². The Balaban J connectivity index is 3.53. The van der Waals surface area contributed by atoms with E-state index < -0.39 is 8.87 Å². The van der Waals surface area contributed by atoms with E-state index in [4.69, 9.17) is 11.6 Å². The van der Waals surface area contributed by atoms with Crippen molar-refractivity contribution in [1.82, 2.24) is 0 Å². The predicted molar refractivity (Wildman–Crippen MR) is 42.3 cm³/mol. The van der Waals surface area contributed by atoms with E-state index in [0.717, 1.165) is 10.8 Å². The number of rotatable bonds is 3. The van der Waals surface area contributed by atoms with E-state index >= 15 is 0 Å². The van der Waals surface area contributed by atoms with Crippen LogP contribution < -0.4 is 0 Å². The number of hydrogen-bond donors (Lipinski definition) is 0. The van der Waals surface area contributed by atoms with Crippen molar-refractivity contribution in [1.29, 1.82) is 0 Å². The average molecular weight is 187 g/mol. The summed E-state index contributed by atoms with van der Waals surface area (Å²) in [6.45, 7) is 0. The van der Waals surface area contributed by atoms with Gasteiger partial charge in [-0.1, -0.05) is 17.7 Å². The van der Waals surface area contributed by atoms with Crippen molar-refractivity contribution < 1.29 is 8.42 Å². The minimum absolute atomic E-state index is 0.419. The summed E-state index contributed by atoms with van der Waals surface area (Å²) in [6, 6.07) is 0. The lowest BCUT2D eigenvalue weighted by molar-refractivity contribution is 0.615. The van der Waals surface area contributed by atoms with Gasteiger partial charge in [-0.15, -0.1) is 0 Å². The first-order valence-corrected chi connectivity index (χ1v) is 5.99. The molecule has 0 atom stereocenters. The van der Waals surface area contributed by atoms with Crippen LogP contribution in [-0.4, -0.2) is 20.4 Å². The monoisotopic (exact) mass is 186 g/mol. The van der Waals surface area contributed by atoms with Crippen molar-refractivity contribution in [2.45, 2.75) is 0 Å². The molecule has 0 aliphatic rings. The molecule has 54 valence electrons. The first-order chi connectivity index (χ1) is 4.06. The highest BCUT2D eigenvalue weighted by atomic mass is 35.5. The van der Waals surface area contributed by atoms with Crippen molar-refractivity contribution in [2.75, 3.05) is 12.0 Å². The first-order valence-electron chi connectivity index (χ1n) is 2.16. The molecule has 0 aromatic carbocycles. The zero-order chi connectivity index (χ0) is 7.33. The SMILES string of the molecule is CS(=O)(=O)SC/C=C/Cl. The van der Waals surface area contributed by atoms with Gasteiger partial charge in [0.05, 0.1) is 0 Å². The van der Waals surface area contributed by atoms with Crippen LogP contribution in [0.5, 0.6) is 0 Å². The van der Waals surface area contributed by atoms with E-state index in [9.17, 15) is 8.42 Å². The smallest absolute Gasteiger partial charge is 0.198 e. The third-order valence-electron chi connectivity index (χ3n) is 0.467. The average Bonchev–Trinajstić information content (AvgIpc) is 1.63. The molecule has 0 aliphatic carbocycles. The van der Waals surface area contributed by atoms with Crippen molar-refractivity contribution in [3.63, 3.8) is 0 Å². The van der Waals surface area contributed by atoms with Gasteiger partial charge in [0, 0.05) is 17.5 Å². The van der Waals surface area contributed by atoms with Gasteiger partial charge >= 0.3 is 0 Å². The zero-order valence-electron chi connectivity index (χ0n) is 4.87. The lowest BCUT2D eigenvalue weighted by atomic mass is 10.8. The number of halogens is 1. The molecule has 0 amide bonds. The Hall–Kier alpha value is 0.330. The fourth-order valence-electron chi connectivity index (χ4n) is 0.199. The van der Waals surface area contributed by atoms with Crippen LogP contribution in [0.2, 0.25) is 0 Å². The molecule has 0 aromatic heterocycles. The van der Waals surface area contributed by atoms with E-state index in [1.165, 1.54) is 11.8 Å². The largest absolute Gasteiger partial charge is 0.218 e. The second-order valence-electron chi connectivity index (χ2n) is 1.35. The molecule has 0 saturated carbocycles. The highest BCUT2D eigenvalue weighted by molar-refractivity contribution is 8.71. The van der Waals surface area contributed by atoms with Crippen LogP contribution in [0.3, 0.4) is 0 Å². The fraction of sp³-hybridized carbons (Fsp3) is 0.500. The highest BCUT2D eigenvalue weighted by Gasteiger charge is 1.97. The number of hydrogen-bond acceptors (Lipinski definition) is 3. The summed E-state index contributed by atoms with van der Waals surface area (Å²) in [5.41, 5.74) is 1.30. The van der Waals surface area contributed by atoms with Gasteiger partial charge in [0.15, 0.2) is 8.87 Å². The molecule has 0 bridgehead atoms. The lowest BCUT2D eigenvalue weighted by Crippen LogP contribution is -1.87. The summed E-state index contributed by atoms with van der Waals surface area (Å²) in [6.07, 6.45) is 2.74. The third kappa shape index (κ3) is 8.33. The van der Waals surface area contributed by atoms with Crippen LogP contribution in [0.15, 0.2) is 11.6 Å². The van der Waals surface area contributed by atoms with Crippen LogP contribution >= 0.6 is 22.4 Å². The van der Waals surface area contributed by atoms with Crippen LogP contribution in [0.4, 0.5) is 0 Å². The second-order valence-corrected chi connectivity index (χ2v) is 6.10. The van der Waals surface area contributed by atoms with Gasteiger partial charge in [0.2, 0.25) is 0 Å². The molecule has 0 N–H and O–H groups in total. The van der Waals surface area contributed by atoms with Crippen molar-refractivity contribution >= 4 is 31.3 Å². The van der Waals surface area contributed by atoms with Gasteiger partial charge in [-0.2, -0.15) is 0 Å². The van der Waals surface area contributed by atoms with Gasteiger partial charge in [-0.25, -0.2) is 8.42 Å². The maximum atomic E-state index is 10.4. The van der Waals surface area contributed by atoms with Crippen LogP contribution in [-0.2, 0) is 8.87 Å². The maximum absolute atomic E-state index is 10.4. The molecule has 0 fully saturated rings. The quantitative estimate of drug-likeness (QED) is 0.626. The minimum Gasteiger partial charge on any atom is -0.218 e. The molecule has 0 rings (SSSR count). The molecule has 0 radical (unpaired) electrons. The Labute approximate surface area is 63.6 Å². The molecule has 5 heteroatoms. The standard InChI is InChI=1S/C4H7ClO2S2/c1-9(6,7)8-4-2-3-5/h2-3H,4H2,1H3/b3-2+. The van der Waals surface area contributed by atoms with Gasteiger partial charge in [0.25, 0.3) is 0 Å². The van der Waals surface area contributed by atoms with E-state index in [0.29, 0.717) is 5.75 Å². The summed E-state index contributed by atoms with van der Waals surface area (Å²) in [7, 11) is -2.03. The molecule has 0 heterocycles. The van der Waals surface area contributed by atoms with Gasteiger partial charge < -0.3 is 0 Å². The summed E-state index contributed by atoms with van der Waals surface area (Å²) >= 11 is 5.14. The second kappa shape index (κ2) is 4.19. The van der Waals surface area contributed by atoms with Crippen molar-refractivity contribution in [3.8, 4) is 0 Å². The summed E-state index contributed by atoms with van der Waals surface area (Å²) in [4.78, 5) is 0. The molecule has 0 aromatic rings. The fourth-order valence-corrected chi connectivity index (χ4v) is 1.79. The molecule has 0 unspecified atom stereocenters. The van der Waals surface area contributed by atoms with Crippen molar-refractivity contribution in [3.05, 3.63) is 11.6 Å². The Morgan fingerprint density at radius 1 is 1.67 bits per heavy atom. The molecule has 2 nitrogen and oxygen atoms in total. The molecule has 0 saturated heterocycles. The normalized spacial score (nSPS) is 12.7.